The predicted octanol–water partition coefficient (Wildman–Crippen LogP) is 8.83. The molecule has 0 saturated carbocycles. The monoisotopic (exact) mass is 1100 g/mol. The SMILES string of the molecule is C#Cc1c(F)ccc2cccc(-c3nc4c5c(nc(OC[C@@]67CCCN6[C@H](COC(=O)N6CC[C@@H](CC8CCN(c9ccc%10c(C%11CCC(=O)NC%11=O)nn(C)c%10c9)CC8)C(F)(F)C6)CC7)nc5c3F)N3CCCOC[C@@H]3CC4)c12. The molecule has 418 valence electrons. The summed E-state index contributed by atoms with van der Waals surface area (Å²) in [4.78, 5) is 60.7. The van der Waals surface area contributed by atoms with Crippen molar-refractivity contribution in [3.63, 3.8) is 0 Å². The Hall–Kier alpha value is -7.11. The van der Waals surface area contributed by atoms with E-state index in [1.54, 1.807) is 28.9 Å². The molecule has 16 nitrogen and oxygen atoms in total. The standard InChI is InChI=1S/C60H64F4N10O6/c1-3-41-45(61)14-9-36-7-4-8-43(49(36)41)53-51(62)54-50-46(65-53)15-11-39-31-78-28-6-23-73(39)55(50)68-57(67-54)80-34-59-21-5-24-74(59)40(17-22-59)32-79-58(77)72-27-20-37(60(63,64)33-72)29-35-18-25-71(26-19-35)38-10-12-42-47(30-38)70(2)69-52(42)44-13-16-48(75)66-56(44)76/h1,4,7-10,12,14,30,35,37,39-40,44H,5-6,11,13,15-29,31-34H2,2H3,(H,66,75,76)/t37-,39-,40-,44?,59-/m0/s1. The number of pyridine rings is 1. The number of ether oxygens (including phenoxy) is 3. The fraction of sp³-hybridized carbons (Fsp3) is 0.517. The lowest BCUT2D eigenvalue weighted by molar-refractivity contribution is -0.134. The van der Waals surface area contributed by atoms with Gasteiger partial charge in [0.15, 0.2) is 5.82 Å². The van der Waals surface area contributed by atoms with Gasteiger partial charge in [-0.2, -0.15) is 15.1 Å². The van der Waals surface area contributed by atoms with Crippen LogP contribution in [0.1, 0.15) is 99.9 Å². The van der Waals surface area contributed by atoms with Gasteiger partial charge in [0.2, 0.25) is 11.8 Å². The van der Waals surface area contributed by atoms with E-state index in [1.165, 1.54) is 11.0 Å². The van der Waals surface area contributed by atoms with Crippen molar-refractivity contribution >= 4 is 62.0 Å². The molecule has 0 radical (unpaired) electrons. The van der Waals surface area contributed by atoms with Gasteiger partial charge in [0, 0.05) is 80.2 Å². The summed E-state index contributed by atoms with van der Waals surface area (Å²) in [7, 11) is 1.84. The van der Waals surface area contributed by atoms with E-state index in [0.717, 1.165) is 74.7 Å². The number of terminal acetylenes is 1. The van der Waals surface area contributed by atoms with Gasteiger partial charge >= 0.3 is 12.1 Å². The number of aromatic nitrogens is 5. The molecule has 0 bridgehead atoms. The van der Waals surface area contributed by atoms with Crippen molar-refractivity contribution in [3.05, 3.63) is 77.1 Å². The molecule has 3 aromatic carbocycles. The zero-order valence-electron chi connectivity index (χ0n) is 44.8. The Labute approximate surface area is 460 Å². The molecule has 7 aliphatic rings. The van der Waals surface area contributed by atoms with E-state index in [2.05, 4.69) is 37.1 Å². The van der Waals surface area contributed by atoms with Gasteiger partial charge in [-0.25, -0.2) is 27.3 Å². The van der Waals surface area contributed by atoms with Gasteiger partial charge in [0.1, 0.15) is 36.1 Å². The first-order valence-corrected chi connectivity index (χ1v) is 28.4. The van der Waals surface area contributed by atoms with Crippen LogP contribution in [-0.4, -0.2) is 142 Å². The number of likely N-dealkylation sites (tertiary alicyclic amines) is 1. The molecule has 20 heteroatoms. The van der Waals surface area contributed by atoms with E-state index in [4.69, 9.17) is 35.6 Å². The Bertz CT molecular complexity index is 3510. The van der Waals surface area contributed by atoms with Crippen LogP contribution in [0, 0.1) is 35.8 Å². The Kier molecular flexibility index (Phi) is 13.6. The summed E-state index contributed by atoms with van der Waals surface area (Å²) in [6.07, 6.45) is 13.0. The summed E-state index contributed by atoms with van der Waals surface area (Å²) in [5.41, 5.74) is 3.20. The van der Waals surface area contributed by atoms with Gasteiger partial charge in [-0.1, -0.05) is 30.2 Å². The van der Waals surface area contributed by atoms with Crippen molar-refractivity contribution in [1.29, 1.82) is 0 Å². The number of alkyl halides is 2. The Morgan fingerprint density at radius 2 is 1.79 bits per heavy atom. The van der Waals surface area contributed by atoms with Crippen LogP contribution in [0.2, 0.25) is 0 Å². The van der Waals surface area contributed by atoms with E-state index in [-0.39, 0.29) is 85.2 Å². The number of piperidine rings is 3. The zero-order chi connectivity index (χ0) is 55.0. The zero-order valence-corrected chi connectivity index (χ0v) is 44.8. The summed E-state index contributed by atoms with van der Waals surface area (Å²) in [5.74, 6) is -3.13. The van der Waals surface area contributed by atoms with Gasteiger partial charge in [-0.15, -0.1) is 6.42 Å². The van der Waals surface area contributed by atoms with Gasteiger partial charge in [-0.3, -0.25) is 24.5 Å². The number of amides is 3. The fourth-order valence-corrected chi connectivity index (χ4v) is 14.4. The molecule has 3 aromatic heterocycles. The third kappa shape index (κ3) is 9.31. The van der Waals surface area contributed by atoms with Crippen LogP contribution in [0.4, 0.5) is 33.9 Å². The molecule has 3 amide bonds. The fourth-order valence-electron chi connectivity index (χ4n) is 14.4. The Balaban J connectivity index is 0.648. The first-order valence-electron chi connectivity index (χ1n) is 28.4. The molecule has 6 fully saturated rings. The number of benzene rings is 3. The van der Waals surface area contributed by atoms with Crippen molar-refractivity contribution in [2.75, 3.05) is 75.5 Å². The summed E-state index contributed by atoms with van der Waals surface area (Å²) < 4.78 is 85.0. The minimum absolute atomic E-state index is 0.0160. The third-order valence-electron chi connectivity index (χ3n) is 18.6. The second-order valence-electron chi connectivity index (χ2n) is 23.2. The molecule has 1 unspecified atom stereocenters. The average Bonchev–Trinajstić information content (AvgIpc) is 4.11. The smallest absolute Gasteiger partial charge is 0.410 e. The van der Waals surface area contributed by atoms with Crippen molar-refractivity contribution < 1.29 is 46.2 Å². The lowest BCUT2D eigenvalue weighted by atomic mass is 9.81. The number of fused-ring (bicyclic) bond motifs is 5. The first kappa shape index (κ1) is 52.3. The maximum Gasteiger partial charge on any atom is 0.410 e. The van der Waals surface area contributed by atoms with Crippen LogP contribution < -0.4 is 19.9 Å². The Morgan fingerprint density at radius 3 is 2.61 bits per heavy atom. The van der Waals surface area contributed by atoms with Gasteiger partial charge in [0.05, 0.1) is 58.5 Å². The second kappa shape index (κ2) is 20.8. The number of imide groups is 1. The van der Waals surface area contributed by atoms with Gasteiger partial charge < -0.3 is 28.9 Å². The highest BCUT2D eigenvalue weighted by atomic mass is 19.3. The minimum atomic E-state index is -3.07. The molecular weight excluding hydrogens is 1030 g/mol. The molecular formula is C60H64F4N10O6. The first-order chi connectivity index (χ1) is 38.8. The molecule has 1 N–H and O–H groups in total. The summed E-state index contributed by atoms with van der Waals surface area (Å²) in [5, 5.41) is 9.53. The second-order valence-corrected chi connectivity index (χ2v) is 23.2. The maximum absolute atomic E-state index is 17.5. The van der Waals surface area contributed by atoms with E-state index in [0.29, 0.717) is 90.8 Å². The van der Waals surface area contributed by atoms with Crippen LogP contribution in [0.15, 0.2) is 48.5 Å². The summed E-state index contributed by atoms with van der Waals surface area (Å²) in [6.45, 7) is 3.63. The van der Waals surface area contributed by atoms with E-state index in [1.807, 2.05) is 19.2 Å². The molecule has 10 heterocycles. The molecule has 80 heavy (non-hydrogen) atoms. The summed E-state index contributed by atoms with van der Waals surface area (Å²) in [6, 6.07) is 14.1. The molecule has 0 spiro atoms. The van der Waals surface area contributed by atoms with Crippen LogP contribution in [-0.2, 0) is 32.5 Å². The number of hydrogen-bond donors (Lipinski definition) is 1. The molecule has 6 saturated heterocycles. The number of nitrogens with zero attached hydrogens (tertiary/aromatic N) is 9. The largest absolute Gasteiger partial charge is 0.461 e. The number of aryl methyl sites for hydroxylation is 2. The topological polar surface area (TPSA) is 160 Å². The number of hydrogen-bond acceptors (Lipinski definition) is 13. The predicted molar refractivity (Wildman–Crippen MR) is 292 cm³/mol. The third-order valence-corrected chi connectivity index (χ3v) is 18.6. The quantitative estimate of drug-likeness (QED) is 0.0789. The lowest BCUT2D eigenvalue weighted by Gasteiger charge is -2.41. The molecule has 7 aliphatic heterocycles. The normalized spacial score (nSPS) is 25.3. The lowest BCUT2D eigenvalue weighted by Crippen LogP contribution is -2.52. The minimum Gasteiger partial charge on any atom is -0.461 e. The van der Waals surface area contributed by atoms with Gasteiger partial charge in [-0.05, 0) is 119 Å². The van der Waals surface area contributed by atoms with E-state index < -0.39 is 47.6 Å². The van der Waals surface area contributed by atoms with Crippen molar-refractivity contribution in [2.24, 2.45) is 18.9 Å². The van der Waals surface area contributed by atoms with E-state index in [9.17, 15) is 14.4 Å². The van der Waals surface area contributed by atoms with E-state index >= 15 is 17.6 Å². The van der Waals surface area contributed by atoms with Crippen molar-refractivity contribution in [3.8, 4) is 29.6 Å². The number of rotatable bonds is 10. The number of halogens is 4. The van der Waals surface area contributed by atoms with Crippen LogP contribution in [0.5, 0.6) is 6.01 Å². The van der Waals surface area contributed by atoms with Crippen LogP contribution in [0.3, 0.4) is 0 Å². The molecule has 13 rings (SSSR count). The highest BCUT2D eigenvalue weighted by molar-refractivity contribution is 6.04. The summed E-state index contributed by atoms with van der Waals surface area (Å²) >= 11 is 0. The molecule has 5 atom stereocenters. The highest BCUT2D eigenvalue weighted by Crippen LogP contribution is 2.46. The Morgan fingerprint density at radius 1 is 0.925 bits per heavy atom. The number of anilines is 2. The van der Waals surface area contributed by atoms with Crippen molar-refractivity contribution in [2.45, 2.75) is 113 Å². The average molecular weight is 1100 g/mol. The van der Waals surface area contributed by atoms with Gasteiger partial charge in [0.25, 0.3) is 5.92 Å². The maximum atomic E-state index is 17.5. The molecule has 0 aliphatic carbocycles. The highest BCUT2D eigenvalue weighted by Gasteiger charge is 2.51. The van der Waals surface area contributed by atoms with Crippen LogP contribution >= 0.6 is 0 Å². The van der Waals surface area contributed by atoms with Crippen LogP contribution in [0.25, 0.3) is 43.8 Å². The number of carbonyl (C=O) groups excluding carboxylic acids is 3. The molecule has 6 aromatic rings. The number of carbonyl (C=O) groups is 3. The number of nitrogens with one attached hydrogen (secondary N) is 1. The van der Waals surface area contributed by atoms with Crippen molar-refractivity contribution in [1.82, 2.24) is 39.8 Å².